The molecule has 2 aromatic rings. The van der Waals surface area contributed by atoms with E-state index in [0.29, 0.717) is 6.54 Å². The molecule has 0 aliphatic carbocycles. The highest BCUT2D eigenvalue weighted by Crippen LogP contribution is 2.13. The molecular formula is C14H18N2O. The Labute approximate surface area is 101 Å². The van der Waals surface area contributed by atoms with E-state index in [0.717, 1.165) is 27.7 Å². The number of benzene rings is 1. The van der Waals surface area contributed by atoms with Crippen LogP contribution in [-0.4, -0.2) is 24.0 Å². The average Bonchev–Trinajstić information content (AvgIpc) is 2.25. The summed E-state index contributed by atoms with van der Waals surface area (Å²) in [5, 5.41) is 0.785. The summed E-state index contributed by atoms with van der Waals surface area (Å²) in [5.41, 5.74) is 3.99. The van der Waals surface area contributed by atoms with Crippen LogP contribution in [0.5, 0.6) is 0 Å². The highest BCUT2D eigenvalue weighted by molar-refractivity contribution is 5.80. The zero-order valence-electron chi connectivity index (χ0n) is 10.8. The van der Waals surface area contributed by atoms with E-state index in [1.807, 2.05) is 51.0 Å². The smallest absolute Gasteiger partial charge is 0.194 e. The number of aromatic amines is 1. The van der Waals surface area contributed by atoms with Gasteiger partial charge in [0.05, 0.1) is 0 Å². The standard InChI is InChI=1S/C14H18N2O/c1-9-5-6-13-11(7-9)14(17)12(8-16(3)4)10(2)15-13/h5-7H,8H2,1-4H3,(H,15,17). The van der Waals surface area contributed by atoms with Crippen LogP contribution in [0.3, 0.4) is 0 Å². The second kappa shape index (κ2) is 4.34. The third kappa shape index (κ3) is 2.24. The molecule has 0 spiro atoms. The number of nitrogens with zero attached hydrogens (tertiary/aromatic N) is 1. The van der Waals surface area contributed by atoms with E-state index in [1.165, 1.54) is 0 Å². The maximum Gasteiger partial charge on any atom is 0.194 e. The minimum absolute atomic E-state index is 0.147. The number of aryl methyl sites for hydroxylation is 2. The molecule has 1 heterocycles. The minimum Gasteiger partial charge on any atom is -0.358 e. The van der Waals surface area contributed by atoms with E-state index in [9.17, 15) is 4.79 Å². The van der Waals surface area contributed by atoms with Crippen LogP contribution in [0.2, 0.25) is 0 Å². The van der Waals surface area contributed by atoms with Gasteiger partial charge in [0.1, 0.15) is 0 Å². The topological polar surface area (TPSA) is 36.1 Å². The molecule has 0 aliphatic heterocycles. The fraction of sp³-hybridized carbons (Fsp3) is 0.357. The van der Waals surface area contributed by atoms with E-state index < -0.39 is 0 Å². The number of pyridine rings is 1. The molecule has 3 nitrogen and oxygen atoms in total. The predicted octanol–water partition coefficient (Wildman–Crippen LogP) is 2.21. The van der Waals surface area contributed by atoms with Crippen LogP contribution in [0.15, 0.2) is 23.0 Å². The van der Waals surface area contributed by atoms with Gasteiger partial charge in [0.25, 0.3) is 0 Å². The number of nitrogens with one attached hydrogen (secondary N) is 1. The highest BCUT2D eigenvalue weighted by Gasteiger charge is 2.09. The molecule has 0 atom stereocenters. The van der Waals surface area contributed by atoms with Crippen molar-refractivity contribution < 1.29 is 0 Å². The van der Waals surface area contributed by atoms with E-state index >= 15 is 0 Å². The molecule has 2 rings (SSSR count). The largest absolute Gasteiger partial charge is 0.358 e. The Kier molecular flexibility index (Phi) is 3.03. The summed E-state index contributed by atoms with van der Waals surface area (Å²) in [4.78, 5) is 17.7. The monoisotopic (exact) mass is 230 g/mol. The normalized spacial score (nSPS) is 11.4. The first kappa shape index (κ1) is 11.9. The highest BCUT2D eigenvalue weighted by atomic mass is 16.1. The van der Waals surface area contributed by atoms with Gasteiger partial charge in [-0.1, -0.05) is 11.6 Å². The summed E-state index contributed by atoms with van der Waals surface area (Å²) in [6, 6.07) is 5.94. The number of rotatable bonds is 2. The Balaban J connectivity index is 2.73. The average molecular weight is 230 g/mol. The molecule has 1 N–H and O–H groups in total. The van der Waals surface area contributed by atoms with Crippen molar-refractivity contribution in [1.29, 1.82) is 0 Å². The maximum absolute atomic E-state index is 12.4. The fourth-order valence-electron chi connectivity index (χ4n) is 2.07. The van der Waals surface area contributed by atoms with Gasteiger partial charge in [-0.05, 0) is 40.1 Å². The van der Waals surface area contributed by atoms with Gasteiger partial charge >= 0.3 is 0 Å². The molecule has 0 unspecified atom stereocenters. The summed E-state index contributed by atoms with van der Waals surface area (Å²) < 4.78 is 0. The molecule has 0 amide bonds. The number of aromatic nitrogens is 1. The first-order valence-corrected chi connectivity index (χ1v) is 5.76. The number of hydrogen-bond acceptors (Lipinski definition) is 2. The summed E-state index contributed by atoms with van der Waals surface area (Å²) in [7, 11) is 3.94. The summed E-state index contributed by atoms with van der Waals surface area (Å²) in [6.07, 6.45) is 0. The predicted molar refractivity (Wildman–Crippen MR) is 71.4 cm³/mol. The van der Waals surface area contributed by atoms with Crippen molar-refractivity contribution in [2.75, 3.05) is 14.1 Å². The van der Waals surface area contributed by atoms with Crippen LogP contribution < -0.4 is 5.43 Å². The van der Waals surface area contributed by atoms with Crippen molar-refractivity contribution in [3.63, 3.8) is 0 Å². The summed E-state index contributed by atoms with van der Waals surface area (Å²) in [6.45, 7) is 4.63. The van der Waals surface area contributed by atoms with Crippen LogP contribution in [0.25, 0.3) is 10.9 Å². The second-order valence-corrected chi connectivity index (χ2v) is 4.84. The number of fused-ring (bicyclic) bond motifs is 1. The molecule has 0 bridgehead atoms. The van der Waals surface area contributed by atoms with E-state index in [4.69, 9.17) is 0 Å². The molecule has 17 heavy (non-hydrogen) atoms. The SMILES string of the molecule is Cc1ccc2[nH]c(C)c(CN(C)C)c(=O)c2c1. The Morgan fingerprint density at radius 2 is 1.94 bits per heavy atom. The van der Waals surface area contributed by atoms with Crippen molar-refractivity contribution in [3.05, 3.63) is 45.2 Å². The summed E-state index contributed by atoms with van der Waals surface area (Å²) in [5.74, 6) is 0. The van der Waals surface area contributed by atoms with Gasteiger partial charge in [0.15, 0.2) is 5.43 Å². The molecule has 1 aromatic carbocycles. The Bertz CT molecular complexity index is 611. The molecule has 0 saturated carbocycles. The lowest BCUT2D eigenvalue weighted by molar-refractivity contribution is 0.400. The van der Waals surface area contributed by atoms with Crippen LogP contribution in [0.1, 0.15) is 16.8 Å². The third-order valence-electron chi connectivity index (χ3n) is 2.94. The lowest BCUT2D eigenvalue weighted by atomic mass is 10.1. The van der Waals surface area contributed by atoms with Gasteiger partial charge in [-0.15, -0.1) is 0 Å². The van der Waals surface area contributed by atoms with Gasteiger partial charge in [-0.25, -0.2) is 0 Å². The van der Waals surface area contributed by atoms with Crippen LogP contribution in [0, 0.1) is 13.8 Å². The van der Waals surface area contributed by atoms with Crippen molar-refractivity contribution >= 4 is 10.9 Å². The van der Waals surface area contributed by atoms with Crippen molar-refractivity contribution in [1.82, 2.24) is 9.88 Å². The number of hydrogen-bond donors (Lipinski definition) is 1. The quantitative estimate of drug-likeness (QED) is 0.858. The first-order chi connectivity index (χ1) is 7.99. The Morgan fingerprint density at radius 1 is 1.24 bits per heavy atom. The first-order valence-electron chi connectivity index (χ1n) is 5.76. The lowest BCUT2D eigenvalue weighted by Gasteiger charge is -2.13. The molecule has 1 aromatic heterocycles. The van der Waals surface area contributed by atoms with Crippen molar-refractivity contribution in [2.45, 2.75) is 20.4 Å². The van der Waals surface area contributed by atoms with E-state index in [2.05, 4.69) is 4.98 Å². The molecule has 0 fully saturated rings. The van der Waals surface area contributed by atoms with Gasteiger partial charge in [0.2, 0.25) is 0 Å². The van der Waals surface area contributed by atoms with E-state index in [-0.39, 0.29) is 5.43 Å². The van der Waals surface area contributed by atoms with Crippen LogP contribution >= 0.6 is 0 Å². The Hall–Kier alpha value is -1.61. The summed E-state index contributed by atoms with van der Waals surface area (Å²) >= 11 is 0. The zero-order chi connectivity index (χ0) is 12.6. The maximum atomic E-state index is 12.4. The van der Waals surface area contributed by atoms with Gasteiger partial charge in [0, 0.05) is 28.7 Å². The number of H-pyrrole nitrogens is 1. The molecular weight excluding hydrogens is 212 g/mol. The lowest BCUT2D eigenvalue weighted by Crippen LogP contribution is -2.21. The van der Waals surface area contributed by atoms with E-state index in [1.54, 1.807) is 0 Å². The zero-order valence-corrected chi connectivity index (χ0v) is 10.8. The molecule has 90 valence electrons. The minimum atomic E-state index is 0.147. The molecule has 0 aliphatic rings. The van der Waals surface area contributed by atoms with Crippen LogP contribution in [0.4, 0.5) is 0 Å². The third-order valence-corrected chi connectivity index (χ3v) is 2.94. The van der Waals surface area contributed by atoms with Gasteiger partial charge in [-0.3, -0.25) is 4.79 Å². The molecule has 0 radical (unpaired) electrons. The molecule has 0 saturated heterocycles. The fourth-order valence-corrected chi connectivity index (χ4v) is 2.07. The Morgan fingerprint density at radius 3 is 2.59 bits per heavy atom. The van der Waals surface area contributed by atoms with Crippen molar-refractivity contribution in [2.24, 2.45) is 0 Å². The molecule has 3 heteroatoms. The van der Waals surface area contributed by atoms with Gasteiger partial charge in [-0.2, -0.15) is 0 Å². The van der Waals surface area contributed by atoms with Crippen molar-refractivity contribution in [3.8, 4) is 0 Å². The van der Waals surface area contributed by atoms with Gasteiger partial charge < -0.3 is 9.88 Å². The van der Waals surface area contributed by atoms with Crippen LogP contribution in [-0.2, 0) is 6.54 Å². The second-order valence-electron chi connectivity index (χ2n) is 4.84.